The Kier molecular flexibility index (Phi) is 6.60. The smallest absolute Gasteiger partial charge is 0.449 e. The summed E-state index contributed by atoms with van der Waals surface area (Å²) >= 11 is 0. The largest absolute Gasteiger partial charge is 1.00 e. The molecule has 5 heteroatoms. The Hall–Kier alpha value is 1.49. The van der Waals surface area contributed by atoms with E-state index in [-0.39, 0.29) is 51.4 Å². The van der Waals surface area contributed by atoms with Crippen molar-refractivity contribution in [1.82, 2.24) is 0 Å². The van der Waals surface area contributed by atoms with Gasteiger partial charge in [-0.3, -0.25) is 0 Å². The molecule has 0 N–H and O–H groups in total. The molecule has 0 aliphatic rings. The standard InChI is InChI=1S/C3H7BF3.K/c1-3(2)4(5,6)7;/h3H,1-2H3;/q-1;+1. The van der Waals surface area contributed by atoms with Crippen molar-refractivity contribution in [1.29, 1.82) is 0 Å². The van der Waals surface area contributed by atoms with Crippen LogP contribution in [0.1, 0.15) is 13.8 Å². The Morgan fingerprint density at radius 1 is 1.12 bits per heavy atom. The van der Waals surface area contributed by atoms with Gasteiger partial charge < -0.3 is 12.9 Å². The van der Waals surface area contributed by atoms with Gasteiger partial charge in [-0.15, -0.1) is 0 Å². The first-order chi connectivity index (χ1) is 2.94. The van der Waals surface area contributed by atoms with Crippen LogP contribution >= 0.6 is 0 Å². The molecule has 8 heavy (non-hydrogen) atoms. The van der Waals surface area contributed by atoms with Gasteiger partial charge >= 0.3 is 58.4 Å². The van der Waals surface area contributed by atoms with Crippen molar-refractivity contribution in [3.8, 4) is 0 Å². The van der Waals surface area contributed by atoms with Crippen molar-refractivity contribution >= 4 is 6.98 Å². The van der Waals surface area contributed by atoms with Crippen molar-refractivity contribution < 1.29 is 64.3 Å². The van der Waals surface area contributed by atoms with Crippen LogP contribution in [0.5, 0.6) is 0 Å². The maximum atomic E-state index is 11.2. The van der Waals surface area contributed by atoms with Gasteiger partial charge in [0.2, 0.25) is 0 Å². The Labute approximate surface area is 89.7 Å². The normalized spacial score (nSPS) is 11.2. The van der Waals surface area contributed by atoms with Crippen LogP contribution in [-0.4, -0.2) is 6.98 Å². The second kappa shape index (κ2) is 4.33. The van der Waals surface area contributed by atoms with Gasteiger partial charge in [-0.25, -0.2) is 0 Å². The molecular formula is C3H7BF3K. The van der Waals surface area contributed by atoms with Crippen LogP contribution in [0.3, 0.4) is 0 Å². The predicted octanol–water partition coefficient (Wildman–Crippen LogP) is -0.752. The van der Waals surface area contributed by atoms with E-state index >= 15 is 0 Å². The predicted molar refractivity (Wildman–Crippen MR) is 24.2 cm³/mol. The van der Waals surface area contributed by atoms with Crippen LogP contribution in [0.2, 0.25) is 5.82 Å². The molecule has 0 bridgehead atoms. The van der Waals surface area contributed by atoms with Gasteiger partial charge in [0.1, 0.15) is 0 Å². The van der Waals surface area contributed by atoms with Crippen LogP contribution in [0, 0.1) is 0 Å². The van der Waals surface area contributed by atoms with Gasteiger partial charge in [-0.2, -0.15) is 0 Å². The van der Waals surface area contributed by atoms with Gasteiger partial charge in [-0.05, 0) is 0 Å². The summed E-state index contributed by atoms with van der Waals surface area (Å²) < 4.78 is 33.7. The molecule has 0 rings (SSSR count). The minimum atomic E-state index is -4.56. The molecule has 0 saturated carbocycles. The van der Waals surface area contributed by atoms with Gasteiger partial charge in [0.15, 0.2) is 0 Å². The van der Waals surface area contributed by atoms with E-state index in [2.05, 4.69) is 0 Å². The molecule has 0 aromatic rings. The van der Waals surface area contributed by atoms with Gasteiger partial charge in [0, 0.05) is 0 Å². The number of hydrogen-bond donors (Lipinski definition) is 0. The van der Waals surface area contributed by atoms with Crippen molar-refractivity contribution in [2.24, 2.45) is 0 Å². The SMILES string of the molecule is CC(C)[B-](F)(F)F.[K+]. The Morgan fingerprint density at radius 3 is 1.25 bits per heavy atom. The Morgan fingerprint density at radius 2 is 1.25 bits per heavy atom. The molecule has 0 unspecified atom stereocenters. The second-order valence-corrected chi connectivity index (χ2v) is 1.87. The third-order valence-electron chi connectivity index (χ3n) is 0.756. The Bertz CT molecular complexity index is 60.0. The summed E-state index contributed by atoms with van der Waals surface area (Å²) in [7, 11) is 0. The minimum Gasteiger partial charge on any atom is -0.449 e. The van der Waals surface area contributed by atoms with Crippen LogP contribution in [0.25, 0.3) is 0 Å². The van der Waals surface area contributed by atoms with E-state index in [1.54, 1.807) is 0 Å². The molecule has 0 nitrogen and oxygen atoms in total. The average molecular weight is 150 g/mol. The van der Waals surface area contributed by atoms with Gasteiger partial charge in [0.25, 0.3) is 0 Å². The molecule has 0 aromatic carbocycles. The summed E-state index contributed by atoms with van der Waals surface area (Å²) in [6.45, 7) is -2.25. The minimum absolute atomic E-state index is 0. The molecule has 0 amide bonds. The number of halogens is 3. The summed E-state index contributed by atoms with van der Waals surface area (Å²) in [6.07, 6.45) is 0. The van der Waals surface area contributed by atoms with E-state index in [9.17, 15) is 12.9 Å². The first-order valence-corrected chi connectivity index (χ1v) is 2.14. The summed E-state index contributed by atoms with van der Waals surface area (Å²) in [4.78, 5) is 0. The second-order valence-electron chi connectivity index (χ2n) is 1.87. The fourth-order valence-electron chi connectivity index (χ4n) is 0. The fourth-order valence-corrected chi connectivity index (χ4v) is 0. The Balaban J connectivity index is 0. The van der Waals surface area contributed by atoms with Crippen molar-refractivity contribution in [3.05, 3.63) is 0 Å². The molecule has 0 aromatic heterocycles. The summed E-state index contributed by atoms with van der Waals surface area (Å²) in [5.74, 6) is -1.14. The number of rotatable bonds is 1. The van der Waals surface area contributed by atoms with E-state index in [1.165, 1.54) is 0 Å². The molecule has 0 radical (unpaired) electrons. The monoisotopic (exact) mass is 150 g/mol. The molecular weight excluding hydrogens is 143 g/mol. The molecule has 0 fully saturated rings. The van der Waals surface area contributed by atoms with Crippen molar-refractivity contribution in [2.75, 3.05) is 0 Å². The third-order valence-corrected chi connectivity index (χ3v) is 0.756. The van der Waals surface area contributed by atoms with Crippen LogP contribution in [0.15, 0.2) is 0 Å². The van der Waals surface area contributed by atoms with Crippen LogP contribution in [0.4, 0.5) is 12.9 Å². The molecule has 0 aliphatic carbocycles. The average Bonchev–Trinajstić information content (AvgIpc) is 1.31. The van der Waals surface area contributed by atoms with E-state index in [4.69, 9.17) is 0 Å². The summed E-state index contributed by atoms with van der Waals surface area (Å²) in [5, 5.41) is 0. The van der Waals surface area contributed by atoms with Crippen LogP contribution in [-0.2, 0) is 0 Å². The zero-order valence-electron chi connectivity index (χ0n) is 5.29. The van der Waals surface area contributed by atoms with E-state index in [0.29, 0.717) is 0 Å². The molecule has 44 valence electrons. The van der Waals surface area contributed by atoms with Gasteiger partial charge in [0.05, 0.1) is 0 Å². The van der Waals surface area contributed by atoms with E-state index < -0.39 is 12.8 Å². The zero-order chi connectivity index (χ0) is 6.08. The summed E-state index contributed by atoms with van der Waals surface area (Å²) in [6, 6.07) is 0. The summed E-state index contributed by atoms with van der Waals surface area (Å²) in [5.41, 5.74) is 0. The third kappa shape index (κ3) is 5.62. The van der Waals surface area contributed by atoms with Gasteiger partial charge in [-0.1, -0.05) is 19.7 Å². The van der Waals surface area contributed by atoms with Crippen molar-refractivity contribution in [3.63, 3.8) is 0 Å². The first-order valence-electron chi connectivity index (χ1n) is 2.14. The van der Waals surface area contributed by atoms with Crippen LogP contribution < -0.4 is 51.4 Å². The maximum Gasteiger partial charge on any atom is 1.00 e. The van der Waals surface area contributed by atoms with E-state index in [1.807, 2.05) is 0 Å². The number of hydrogen-bond acceptors (Lipinski definition) is 0. The van der Waals surface area contributed by atoms with Crippen molar-refractivity contribution in [2.45, 2.75) is 19.7 Å². The molecule has 0 spiro atoms. The molecule has 0 aliphatic heterocycles. The quantitative estimate of drug-likeness (QED) is 0.431. The topological polar surface area (TPSA) is 0 Å². The zero-order valence-corrected chi connectivity index (χ0v) is 8.41. The van der Waals surface area contributed by atoms with E-state index in [0.717, 1.165) is 13.8 Å². The maximum absolute atomic E-state index is 11.2. The molecule has 0 heterocycles. The first kappa shape index (κ1) is 12.2. The molecule has 0 saturated heterocycles. The molecule has 0 atom stereocenters. The fraction of sp³-hybridized carbons (Fsp3) is 1.00.